The summed E-state index contributed by atoms with van der Waals surface area (Å²) in [6, 6.07) is 63.6. The maximum atomic E-state index is 5.39. The molecule has 0 unspecified atom stereocenters. The molecule has 250 valence electrons. The number of benzene rings is 9. The minimum Gasteiger partial charge on any atom is -0.309 e. The Morgan fingerprint density at radius 2 is 0.944 bits per heavy atom. The Kier molecular flexibility index (Phi) is 6.21. The average molecular weight is 704 g/mol. The molecule has 0 saturated heterocycles. The molecule has 0 N–H and O–H groups in total. The summed E-state index contributed by atoms with van der Waals surface area (Å²) >= 11 is 1.83. The number of rotatable bonds is 3. The van der Waals surface area contributed by atoms with Gasteiger partial charge in [-0.25, -0.2) is 9.97 Å². The van der Waals surface area contributed by atoms with Gasteiger partial charge >= 0.3 is 0 Å². The lowest BCUT2D eigenvalue weighted by atomic mass is 9.96. The van der Waals surface area contributed by atoms with E-state index in [4.69, 9.17) is 9.97 Å². The molecule has 4 heteroatoms. The Morgan fingerprint density at radius 1 is 0.389 bits per heavy atom. The highest BCUT2D eigenvalue weighted by Gasteiger charge is 2.22. The van der Waals surface area contributed by atoms with Crippen LogP contribution in [0.1, 0.15) is 0 Å². The number of hydrogen-bond acceptors (Lipinski definition) is 3. The first-order chi connectivity index (χ1) is 26.8. The summed E-state index contributed by atoms with van der Waals surface area (Å²) in [6.07, 6.45) is 0. The Bertz CT molecular complexity index is 3420. The van der Waals surface area contributed by atoms with Gasteiger partial charge in [-0.2, -0.15) is 0 Å². The lowest BCUT2D eigenvalue weighted by Crippen LogP contribution is -1.99. The van der Waals surface area contributed by atoms with Crippen LogP contribution in [0.5, 0.6) is 0 Å². The van der Waals surface area contributed by atoms with Gasteiger partial charge in [-0.1, -0.05) is 127 Å². The first-order valence-electron chi connectivity index (χ1n) is 18.3. The molecule has 0 aliphatic rings. The molecule has 0 saturated carbocycles. The van der Waals surface area contributed by atoms with Crippen LogP contribution in [0.4, 0.5) is 0 Å². The molecular weight excluding hydrogens is 675 g/mol. The number of fused-ring (bicyclic) bond motifs is 12. The normalized spacial score (nSPS) is 12.1. The van der Waals surface area contributed by atoms with Crippen LogP contribution >= 0.6 is 11.3 Å². The first kappa shape index (κ1) is 29.7. The lowest BCUT2D eigenvalue weighted by molar-refractivity contribution is 1.20. The van der Waals surface area contributed by atoms with Crippen molar-refractivity contribution in [3.63, 3.8) is 0 Å². The van der Waals surface area contributed by atoms with E-state index in [9.17, 15) is 0 Å². The second-order valence-corrected chi connectivity index (χ2v) is 15.2. The van der Waals surface area contributed by atoms with Crippen molar-refractivity contribution in [3.05, 3.63) is 176 Å². The molecule has 12 rings (SSSR count). The summed E-state index contributed by atoms with van der Waals surface area (Å²) in [4.78, 5) is 10.7. The van der Waals surface area contributed by atoms with Crippen molar-refractivity contribution in [2.45, 2.75) is 0 Å². The van der Waals surface area contributed by atoms with Crippen molar-refractivity contribution in [2.75, 3.05) is 0 Å². The predicted molar refractivity (Wildman–Crippen MR) is 230 cm³/mol. The predicted octanol–water partition coefficient (Wildman–Crippen LogP) is 13.9. The number of para-hydroxylation sites is 2. The second kappa shape index (κ2) is 11.3. The van der Waals surface area contributed by atoms with Gasteiger partial charge in [0.15, 0.2) is 0 Å². The molecular formula is C50H29N3S. The molecule has 0 spiro atoms. The molecule has 12 aromatic rings. The second-order valence-electron chi connectivity index (χ2n) is 14.1. The van der Waals surface area contributed by atoms with E-state index in [1.807, 2.05) is 23.5 Å². The maximum absolute atomic E-state index is 5.39. The van der Waals surface area contributed by atoms with Crippen LogP contribution in [0.15, 0.2) is 176 Å². The van der Waals surface area contributed by atoms with Crippen LogP contribution in [0.25, 0.3) is 114 Å². The van der Waals surface area contributed by atoms with E-state index in [0.29, 0.717) is 0 Å². The van der Waals surface area contributed by atoms with Gasteiger partial charge in [0.1, 0.15) is 0 Å². The Balaban J connectivity index is 1.15. The van der Waals surface area contributed by atoms with E-state index in [-0.39, 0.29) is 0 Å². The van der Waals surface area contributed by atoms with Crippen LogP contribution in [0.2, 0.25) is 0 Å². The topological polar surface area (TPSA) is 30.7 Å². The van der Waals surface area contributed by atoms with Crippen molar-refractivity contribution in [3.8, 4) is 28.2 Å². The van der Waals surface area contributed by atoms with Gasteiger partial charge in [-0.3, -0.25) is 0 Å². The zero-order valence-electron chi connectivity index (χ0n) is 29.0. The van der Waals surface area contributed by atoms with Gasteiger partial charge in [0, 0.05) is 47.5 Å². The van der Waals surface area contributed by atoms with Gasteiger partial charge in [0.2, 0.25) is 0 Å². The molecule has 9 aromatic carbocycles. The summed E-state index contributed by atoms with van der Waals surface area (Å²) in [5.74, 6) is 0. The lowest BCUT2D eigenvalue weighted by Gasteiger charge is -2.17. The van der Waals surface area contributed by atoms with E-state index >= 15 is 0 Å². The molecule has 0 aliphatic heterocycles. The summed E-state index contributed by atoms with van der Waals surface area (Å²) in [6.45, 7) is 0. The van der Waals surface area contributed by atoms with Crippen molar-refractivity contribution < 1.29 is 0 Å². The highest BCUT2D eigenvalue weighted by atomic mass is 32.1. The maximum Gasteiger partial charge on any atom is 0.0979 e. The number of nitrogens with zero attached hydrogens (tertiary/aromatic N) is 3. The molecule has 3 heterocycles. The van der Waals surface area contributed by atoms with Crippen LogP contribution in [-0.4, -0.2) is 14.5 Å². The van der Waals surface area contributed by atoms with Crippen molar-refractivity contribution in [1.82, 2.24) is 14.5 Å². The molecule has 3 nitrogen and oxygen atoms in total. The fourth-order valence-corrected chi connectivity index (χ4v) is 9.90. The van der Waals surface area contributed by atoms with Gasteiger partial charge < -0.3 is 4.57 Å². The third-order valence-corrected chi connectivity index (χ3v) is 12.3. The van der Waals surface area contributed by atoms with Gasteiger partial charge in [-0.15, -0.1) is 11.3 Å². The largest absolute Gasteiger partial charge is 0.309 e. The van der Waals surface area contributed by atoms with Crippen molar-refractivity contribution in [2.24, 2.45) is 0 Å². The number of aromatic nitrogens is 3. The first-order valence-corrected chi connectivity index (χ1v) is 19.1. The molecule has 0 fully saturated rings. The fraction of sp³-hybridized carbons (Fsp3) is 0. The summed E-state index contributed by atoms with van der Waals surface area (Å²) < 4.78 is 5.02. The zero-order chi connectivity index (χ0) is 35.3. The Labute approximate surface area is 314 Å². The number of hydrogen-bond donors (Lipinski definition) is 0. The Morgan fingerprint density at radius 3 is 1.65 bits per heavy atom. The zero-order valence-corrected chi connectivity index (χ0v) is 29.8. The third-order valence-electron chi connectivity index (χ3n) is 11.2. The molecule has 0 aliphatic carbocycles. The highest BCUT2D eigenvalue weighted by molar-refractivity contribution is 7.25. The molecule has 0 bridgehead atoms. The molecule has 54 heavy (non-hydrogen) atoms. The van der Waals surface area contributed by atoms with Gasteiger partial charge in [0.05, 0.1) is 39.1 Å². The van der Waals surface area contributed by atoms with E-state index in [2.05, 4.69) is 168 Å². The third kappa shape index (κ3) is 4.23. The van der Waals surface area contributed by atoms with E-state index < -0.39 is 0 Å². The standard InChI is InChI=1S/C50H29N3S/c1-3-13-33-30(11-1)22-26-43-47(33)48-34-14-4-2-12-31(34)23-27-44(48)53(43)42-28-25-39(35-15-5-6-16-36(35)42)50-49(51-40-18-8-9-19-41(40)52-50)32-21-24-38-37-17-7-10-20-45(37)54-46(38)29-32/h1-29H. The molecule has 0 atom stereocenters. The molecule has 3 aromatic heterocycles. The average Bonchev–Trinajstić information content (AvgIpc) is 3.78. The smallest absolute Gasteiger partial charge is 0.0979 e. The highest BCUT2D eigenvalue weighted by Crippen LogP contribution is 2.44. The summed E-state index contributed by atoms with van der Waals surface area (Å²) in [7, 11) is 0. The minimum absolute atomic E-state index is 0.883. The van der Waals surface area contributed by atoms with Gasteiger partial charge in [-0.05, 0) is 75.5 Å². The van der Waals surface area contributed by atoms with Crippen molar-refractivity contribution >= 4 is 96.7 Å². The summed E-state index contributed by atoms with van der Waals surface area (Å²) in [5, 5.41) is 12.5. The molecule has 0 radical (unpaired) electrons. The van der Waals surface area contributed by atoms with E-state index in [0.717, 1.165) is 50.0 Å². The monoisotopic (exact) mass is 703 g/mol. The summed E-state index contributed by atoms with van der Waals surface area (Å²) in [5.41, 5.74) is 9.21. The van der Waals surface area contributed by atoms with Crippen LogP contribution in [0.3, 0.4) is 0 Å². The Hall–Kier alpha value is -6.88. The van der Waals surface area contributed by atoms with E-state index in [1.165, 1.54) is 63.5 Å². The van der Waals surface area contributed by atoms with E-state index in [1.54, 1.807) is 0 Å². The van der Waals surface area contributed by atoms with Crippen LogP contribution < -0.4 is 0 Å². The quantitative estimate of drug-likeness (QED) is 0.183. The van der Waals surface area contributed by atoms with Crippen molar-refractivity contribution in [1.29, 1.82) is 0 Å². The minimum atomic E-state index is 0.883. The SMILES string of the molecule is c1ccc2c(c1)ccc1c2c2c3ccccc3ccc2n1-c1ccc(-c2nc3ccccc3nc2-c2ccc3c(c2)sc2ccccc23)c2ccccc12. The van der Waals surface area contributed by atoms with Crippen LogP contribution in [0, 0.1) is 0 Å². The van der Waals surface area contributed by atoms with Gasteiger partial charge in [0.25, 0.3) is 0 Å². The fourth-order valence-electron chi connectivity index (χ4n) is 8.75. The molecule has 0 amide bonds. The van der Waals surface area contributed by atoms with Crippen LogP contribution in [-0.2, 0) is 0 Å². The number of thiophene rings is 1.